The molecule has 3 aliphatic carbocycles. The van der Waals surface area contributed by atoms with Crippen molar-refractivity contribution in [1.82, 2.24) is 5.32 Å². The van der Waals surface area contributed by atoms with E-state index in [1.54, 1.807) is 0 Å². The van der Waals surface area contributed by atoms with E-state index in [4.69, 9.17) is 0 Å². The smallest absolute Gasteiger partial charge is 0.220 e. The van der Waals surface area contributed by atoms with E-state index in [-0.39, 0.29) is 5.91 Å². The van der Waals surface area contributed by atoms with Crippen LogP contribution in [0.2, 0.25) is 0 Å². The zero-order valence-corrected chi connectivity index (χ0v) is 14.3. The molecule has 24 heavy (non-hydrogen) atoms. The van der Waals surface area contributed by atoms with Gasteiger partial charge in [-0.1, -0.05) is 61.9 Å². The van der Waals surface area contributed by atoms with E-state index < -0.39 is 0 Å². The van der Waals surface area contributed by atoms with Crippen LogP contribution in [0, 0.1) is 5.92 Å². The van der Waals surface area contributed by atoms with Crippen LogP contribution in [-0.4, -0.2) is 12.5 Å². The Morgan fingerprint density at radius 2 is 1.58 bits per heavy atom. The van der Waals surface area contributed by atoms with Gasteiger partial charge in [-0.15, -0.1) is 0 Å². The van der Waals surface area contributed by atoms with Gasteiger partial charge in [0, 0.05) is 24.8 Å². The Kier molecular flexibility index (Phi) is 4.13. The molecule has 1 unspecified atom stereocenters. The number of benzene rings is 2. The van der Waals surface area contributed by atoms with Crippen LogP contribution in [0.4, 0.5) is 0 Å². The number of fused-ring (bicyclic) bond motifs is 1. The Morgan fingerprint density at radius 1 is 1.00 bits per heavy atom. The van der Waals surface area contributed by atoms with E-state index in [1.807, 2.05) is 0 Å². The van der Waals surface area contributed by atoms with Crippen molar-refractivity contribution < 1.29 is 4.79 Å². The van der Waals surface area contributed by atoms with Crippen molar-refractivity contribution in [3.63, 3.8) is 0 Å². The fourth-order valence-corrected chi connectivity index (χ4v) is 4.63. The van der Waals surface area contributed by atoms with Gasteiger partial charge in [-0.25, -0.2) is 0 Å². The second-order valence-corrected chi connectivity index (χ2v) is 7.19. The average Bonchev–Trinajstić information content (AvgIpc) is 2.65. The predicted molar refractivity (Wildman–Crippen MR) is 97.2 cm³/mol. The first-order valence-electron chi connectivity index (χ1n) is 9.24. The van der Waals surface area contributed by atoms with Gasteiger partial charge in [-0.05, 0) is 41.0 Å². The Labute approximate surface area is 144 Å². The topological polar surface area (TPSA) is 29.1 Å². The van der Waals surface area contributed by atoms with E-state index >= 15 is 0 Å². The van der Waals surface area contributed by atoms with Gasteiger partial charge in [-0.3, -0.25) is 4.79 Å². The zero-order valence-electron chi connectivity index (χ0n) is 14.3. The van der Waals surface area contributed by atoms with E-state index in [0.29, 0.717) is 24.2 Å². The van der Waals surface area contributed by atoms with Gasteiger partial charge < -0.3 is 5.32 Å². The first-order valence-corrected chi connectivity index (χ1v) is 9.24. The fraction of sp³-hybridized carbons (Fsp3) is 0.409. The molecule has 0 saturated heterocycles. The standard InChI is InChI=1S/C22H25NO/c1-2-3-12-21(24)23-14-15-13-20-16-8-4-6-10-18(16)22(15)19-11-7-5-9-17(19)20/h4-11,15,20,22H,2-3,12-14H2,1H3,(H,23,24). The van der Waals surface area contributed by atoms with Crippen molar-refractivity contribution in [3.8, 4) is 0 Å². The molecule has 5 rings (SSSR count). The maximum Gasteiger partial charge on any atom is 0.220 e. The third-order valence-electron chi connectivity index (χ3n) is 5.74. The lowest BCUT2D eigenvalue weighted by Gasteiger charge is -2.45. The Balaban J connectivity index is 1.60. The number of hydrogen-bond acceptors (Lipinski definition) is 1. The van der Waals surface area contributed by atoms with E-state index in [1.165, 1.54) is 22.3 Å². The molecule has 2 aromatic carbocycles. The SMILES string of the molecule is CCCCC(=O)NCC1CC2c3ccccc3C1c1ccccc12. The summed E-state index contributed by atoms with van der Waals surface area (Å²) in [6.45, 7) is 2.92. The molecule has 0 aliphatic heterocycles. The lowest BCUT2D eigenvalue weighted by atomic mass is 9.59. The highest BCUT2D eigenvalue weighted by Gasteiger charge is 2.42. The normalized spacial score (nSPS) is 23.5. The van der Waals surface area contributed by atoms with Crippen LogP contribution < -0.4 is 5.32 Å². The summed E-state index contributed by atoms with van der Waals surface area (Å²) in [5.74, 6) is 1.62. The highest BCUT2D eigenvalue weighted by atomic mass is 16.1. The molecule has 2 bridgehead atoms. The molecular weight excluding hydrogens is 294 g/mol. The van der Waals surface area contributed by atoms with Gasteiger partial charge in [0.25, 0.3) is 0 Å². The van der Waals surface area contributed by atoms with Crippen LogP contribution >= 0.6 is 0 Å². The number of unbranched alkanes of at least 4 members (excludes halogenated alkanes) is 1. The molecule has 0 spiro atoms. The van der Waals surface area contributed by atoms with Gasteiger partial charge in [0.1, 0.15) is 0 Å². The molecule has 2 nitrogen and oxygen atoms in total. The second kappa shape index (κ2) is 6.43. The van der Waals surface area contributed by atoms with Gasteiger partial charge in [0.15, 0.2) is 0 Å². The molecule has 0 heterocycles. The minimum atomic E-state index is 0.208. The third-order valence-corrected chi connectivity index (χ3v) is 5.74. The van der Waals surface area contributed by atoms with Crippen molar-refractivity contribution in [1.29, 1.82) is 0 Å². The summed E-state index contributed by atoms with van der Waals surface area (Å²) in [6, 6.07) is 17.8. The predicted octanol–water partition coefficient (Wildman–Crippen LogP) is 4.59. The Morgan fingerprint density at radius 3 is 2.17 bits per heavy atom. The first-order chi connectivity index (χ1) is 11.8. The van der Waals surface area contributed by atoms with Crippen LogP contribution in [0.1, 0.15) is 66.7 Å². The van der Waals surface area contributed by atoms with Crippen molar-refractivity contribution in [2.45, 2.75) is 44.4 Å². The molecule has 3 aliphatic rings. The van der Waals surface area contributed by atoms with Crippen LogP contribution in [0.25, 0.3) is 0 Å². The van der Waals surface area contributed by atoms with Crippen molar-refractivity contribution in [2.24, 2.45) is 5.92 Å². The molecule has 2 heteroatoms. The van der Waals surface area contributed by atoms with Gasteiger partial charge in [-0.2, -0.15) is 0 Å². The molecule has 2 aromatic rings. The summed E-state index contributed by atoms with van der Waals surface area (Å²) in [5, 5.41) is 3.19. The molecule has 0 fully saturated rings. The second-order valence-electron chi connectivity index (χ2n) is 7.19. The summed E-state index contributed by atoms with van der Waals surface area (Å²) in [5.41, 5.74) is 5.94. The lowest BCUT2D eigenvalue weighted by Crippen LogP contribution is -2.39. The largest absolute Gasteiger partial charge is 0.356 e. The maximum absolute atomic E-state index is 12.0. The number of carbonyl (C=O) groups is 1. The van der Waals surface area contributed by atoms with E-state index in [9.17, 15) is 4.79 Å². The number of rotatable bonds is 5. The van der Waals surface area contributed by atoms with Gasteiger partial charge in [0.05, 0.1) is 0 Å². The summed E-state index contributed by atoms with van der Waals surface area (Å²) in [6.07, 6.45) is 3.85. The summed E-state index contributed by atoms with van der Waals surface area (Å²) >= 11 is 0. The van der Waals surface area contributed by atoms with E-state index in [0.717, 1.165) is 25.8 Å². The summed E-state index contributed by atoms with van der Waals surface area (Å²) in [4.78, 5) is 12.0. The highest BCUT2D eigenvalue weighted by Crippen LogP contribution is 2.55. The Hall–Kier alpha value is -2.09. The van der Waals surface area contributed by atoms with E-state index in [2.05, 4.69) is 60.8 Å². The fourth-order valence-electron chi connectivity index (χ4n) is 4.63. The molecule has 0 saturated carbocycles. The average molecular weight is 319 g/mol. The number of carbonyl (C=O) groups excluding carboxylic acids is 1. The third kappa shape index (κ3) is 2.54. The molecule has 0 radical (unpaired) electrons. The van der Waals surface area contributed by atoms with Crippen LogP contribution in [0.15, 0.2) is 48.5 Å². The van der Waals surface area contributed by atoms with Gasteiger partial charge >= 0.3 is 0 Å². The molecule has 1 N–H and O–H groups in total. The number of nitrogens with one attached hydrogen (secondary N) is 1. The van der Waals surface area contributed by atoms with Crippen molar-refractivity contribution in [3.05, 3.63) is 70.8 Å². The lowest BCUT2D eigenvalue weighted by molar-refractivity contribution is -0.121. The van der Waals surface area contributed by atoms with Crippen LogP contribution in [0.3, 0.4) is 0 Å². The molecule has 0 aromatic heterocycles. The monoisotopic (exact) mass is 319 g/mol. The number of amides is 1. The van der Waals surface area contributed by atoms with Crippen molar-refractivity contribution >= 4 is 5.91 Å². The summed E-state index contributed by atoms with van der Waals surface area (Å²) in [7, 11) is 0. The molecular formula is C22H25NO. The summed E-state index contributed by atoms with van der Waals surface area (Å²) < 4.78 is 0. The van der Waals surface area contributed by atoms with Crippen LogP contribution in [0.5, 0.6) is 0 Å². The molecule has 1 atom stereocenters. The molecule has 1 amide bonds. The Bertz CT molecular complexity index is 704. The quantitative estimate of drug-likeness (QED) is 0.858. The van der Waals surface area contributed by atoms with Gasteiger partial charge in [0.2, 0.25) is 5.91 Å². The number of hydrogen-bond donors (Lipinski definition) is 1. The minimum absolute atomic E-state index is 0.208. The minimum Gasteiger partial charge on any atom is -0.356 e. The van der Waals surface area contributed by atoms with Crippen molar-refractivity contribution in [2.75, 3.05) is 6.54 Å². The maximum atomic E-state index is 12.0. The van der Waals surface area contributed by atoms with Crippen LogP contribution in [-0.2, 0) is 4.79 Å². The zero-order chi connectivity index (χ0) is 16.5. The highest BCUT2D eigenvalue weighted by molar-refractivity contribution is 5.75. The molecule has 124 valence electrons. The first kappa shape index (κ1) is 15.4.